The molecule has 0 unspecified atom stereocenters. The van der Waals surface area contributed by atoms with Crippen molar-refractivity contribution in [3.05, 3.63) is 23.0 Å². The molecule has 2 rings (SSSR count). The van der Waals surface area contributed by atoms with Gasteiger partial charge < -0.3 is 0 Å². The van der Waals surface area contributed by atoms with Crippen molar-refractivity contribution in [2.24, 2.45) is 0 Å². The van der Waals surface area contributed by atoms with Gasteiger partial charge in [-0.25, -0.2) is 14.8 Å². The van der Waals surface area contributed by atoms with Crippen LogP contribution in [0.4, 0.5) is 0 Å². The highest BCUT2D eigenvalue weighted by molar-refractivity contribution is 5.69. The molecule has 0 bridgehead atoms. The normalized spacial score (nSPS) is 11.3. The van der Waals surface area contributed by atoms with Gasteiger partial charge in [0.1, 0.15) is 11.8 Å². The number of nitrogens with zero attached hydrogens (tertiary/aromatic N) is 3. The number of hydrogen-bond donors (Lipinski definition) is 1. The first kappa shape index (κ1) is 7.97. The van der Waals surface area contributed by atoms with Gasteiger partial charge >= 0.3 is 5.69 Å². The van der Waals surface area contributed by atoms with Gasteiger partial charge in [0.05, 0.1) is 6.20 Å². The van der Waals surface area contributed by atoms with Crippen LogP contribution in [0.2, 0.25) is 0 Å². The van der Waals surface area contributed by atoms with E-state index < -0.39 is 0 Å². The first-order valence-electron chi connectivity index (χ1n) is 4.10. The Morgan fingerprint density at radius 3 is 3.00 bits per heavy atom. The quantitative estimate of drug-likeness (QED) is 0.699. The molecule has 0 aliphatic heterocycles. The maximum Gasteiger partial charge on any atom is 0.327 e. The van der Waals surface area contributed by atoms with Gasteiger partial charge in [0.15, 0.2) is 5.65 Å². The van der Waals surface area contributed by atoms with Gasteiger partial charge in [0.25, 0.3) is 0 Å². The SMILES string of the molecule is CC(C)n1c(=O)[nH]c2ncncc21. The molecule has 0 radical (unpaired) electrons. The summed E-state index contributed by atoms with van der Waals surface area (Å²) in [5.41, 5.74) is 1.21. The van der Waals surface area contributed by atoms with Crippen molar-refractivity contribution in [2.45, 2.75) is 19.9 Å². The number of aromatic amines is 1. The molecule has 0 fully saturated rings. The summed E-state index contributed by atoms with van der Waals surface area (Å²) < 4.78 is 1.63. The minimum atomic E-state index is -0.134. The molecule has 0 aliphatic rings. The summed E-state index contributed by atoms with van der Waals surface area (Å²) >= 11 is 0. The lowest BCUT2D eigenvalue weighted by Crippen LogP contribution is -2.18. The smallest absolute Gasteiger partial charge is 0.290 e. The molecule has 68 valence electrons. The topological polar surface area (TPSA) is 63.6 Å². The number of rotatable bonds is 1. The van der Waals surface area contributed by atoms with Crippen LogP contribution in [0.15, 0.2) is 17.3 Å². The maximum absolute atomic E-state index is 11.4. The Morgan fingerprint density at radius 1 is 1.54 bits per heavy atom. The lowest BCUT2D eigenvalue weighted by Gasteiger charge is -2.04. The zero-order chi connectivity index (χ0) is 9.42. The van der Waals surface area contributed by atoms with Crippen LogP contribution in [0.3, 0.4) is 0 Å². The van der Waals surface area contributed by atoms with Crippen molar-refractivity contribution in [3.8, 4) is 0 Å². The number of H-pyrrole nitrogens is 1. The van der Waals surface area contributed by atoms with Crippen molar-refractivity contribution in [1.29, 1.82) is 0 Å². The minimum Gasteiger partial charge on any atom is -0.290 e. The number of aromatic nitrogens is 4. The Balaban J connectivity index is 2.87. The molecule has 2 heterocycles. The molecule has 13 heavy (non-hydrogen) atoms. The molecule has 0 aliphatic carbocycles. The van der Waals surface area contributed by atoms with E-state index in [1.54, 1.807) is 10.8 Å². The summed E-state index contributed by atoms with van der Waals surface area (Å²) in [5, 5.41) is 0. The van der Waals surface area contributed by atoms with Crippen molar-refractivity contribution in [3.63, 3.8) is 0 Å². The average Bonchev–Trinajstić information content (AvgIpc) is 2.39. The third-order valence-corrected chi connectivity index (χ3v) is 1.91. The van der Waals surface area contributed by atoms with Gasteiger partial charge in [-0.3, -0.25) is 9.55 Å². The molecule has 2 aromatic rings. The fourth-order valence-corrected chi connectivity index (χ4v) is 1.38. The maximum atomic E-state index is 11.4. The Morgan fingerprint density at radius 2 is 2.31 bits per heavy atom. The molecule has 0 spiro atoms. The van der Waals surface area contributed by atoms with Crippen LogP contribution in [0.25, 0.3) is 11.2 Å². The largest absolute Gasteiger partial charge is 0.327 e. The highest BCUT2D eigenvalue weighted by atomic mass is 16.1. The van der Waals surface area contributed by atoms with E-state index in [0.717, 1.165) is 5.52 Å². The first-order chi connectivity index (χ1) is 6.20. The third-order valence-electron chi connectivity index (χ3n) is 1.91. The molecular formula is C8H10N4O. The fourth-order valence-electron chi connectivity index (χ4n) is 1.38. The first-order valence-corrected chi connectivity index (χ1v) is 4.10. The summed E-state index contributed by atoms with van der Waals surface area (Å²) in [6, 6.07) is 0.118. The van der Waals surface area contributed by atoms with Crippen LogP contribution in [0, 0.1) is 0 Å². The second-order valence-corrected chi connectivity index (χ2v) is 3.15. The minimum absolute atomic E-state index is 0.118. The molecule has 0 saturated carbocycles. The molecule has 5 heteroatoms. The van der Waals surface area contributed by atoms with Crippen LogP contribution in [0.1, 0.15) is 19.9 Å². The Hall–Kier alpha value is -1.65. The summed E-state index contributed by atoms with van der Waals surface area (Å²) in [7, 11) is 0. The predicted octanol–water partition coefficient (Wildman–Crippen LogP) is 0.700. The lowest BCUT2D eigenvalue weighted by molar-refractivity contribution is 0.597. The number of fused-ring (bicyclic) bond motifs is 1. The van der Waals surface area contributed by atoms with E-state index in [1.807, 2.05) is 13.8 Å². The van der Waals surface area contributed by atoms with Crippen molar-refractivity contribution in [2.75, 3.05) is 0 Å². The summed E-state index contributed by atoms with van der Waals surface area (Å²) in [6.07, 6.45) is 3.06. The standard InChI is InChI=1S/C8H10N4O/c1-5(2)12-6-3-9-4-10-7(6)11-8(12)13/h3-5H,1-2H3,(H,9,10,11,13). The van der Waals surface area contributed by atoms with Crippen molar-refractivity contribution < 1.29 is 0 Å². The number of imidazole rings is 1. The van der Waals surface area contributed by atoms with Gasteiger partial charge in [-0.1, -0.05) is 0 Å². The van der Waals surface area contributed by atoms with Gasteiger partial charge in [-0.15, -0.1) is 0 Å². The Bertz CT molecular complexity index is 482. The average molecular weight is 178 g/mol. The van der Waals surface area contributed by atoms with Gasteiger partial charge in [0.2, 0.25) is 0 Å². The summed E-state index contributed by atoms with van der Waals surface area (Å²) in [6.45, 7) is 3.89. The number of nitrogens with one attached hydrogen (secondary N) is 1. The van der Waals surface area contributed by atoms with Gasteiger partial charge in [0, 0.05) is 6.04 Å². The van der Waals surface area contributed by atoms with Crippen LogP contribution < -0.4 is 5.69 Å². The fraction of sp³-hybridized carbons (Fsp3) is 0.375. The van der Waals surface area contributed by atoms with Crippen LogP contribution in [-0.2, 0) is 0 Å². The van der Waals surface area contributed by atoms with E-state index in [2.05, 4.69) is 15.0 Å². The molecular weight excluding hydrogens is 168 g/mol. The van der Waals surface area contributed by atoms with Gasteiger partial charge in [-0.05, 0) is 13.8 Å². The van der Waals surface area contributed by atoms with Crippen LogP contribution in [-0.4, -0.2) is 19.5 Å². The Kier molecular flexibility index (Phi) is 1.65. The van der Waals surface area contributed by atoms with Crippen LogP contribution in [0.5, 0.6) is 0 Å². The molecule has 0 saturated heterocycles. The highest BCUT2D eigenvalue weighted by Gasteiger charge is 2.09. The molecule has 5 nitrogen and oxygen atoms in total. The van der Waals surface area contributed by atoms with Crippen molar-refractivity contribution in [1.82, 2.24) is 19.5 Å². The third kappa shape index (κ3) is 1.12. The van der Waals surface area contributed by atoms with E-state index in [-0.39, 0.29) is 11.7 Å². The predicted molar refractivity (Wildman–Crippen MR) is 48.5 cm³/mol. The summed E-state index contributed by atoms with van der Waals surface area (Å²) in [5.74, 6) is 0. The number of hydrogen-bond acceptors (Lipinski definition) is 3. The van der Waals surface area contributed by atoms with E-state index >= 15 is 0 Å². The van der Waals surface area contributed by atoms with E-state index in [0.29, 0.717) is 5.65 Å². The monoisotopic (exact) mass is 178 g/mol. The van der Waals surface area contributed by atoms with Crippen LogP contribution >= 0.6 is 0 Å². The van der Waals surface area contributed by atoms with E-state index in [4.69, 9.17) is 0 Å². The molecule has 2 aromatic heterocycles. The van der Waals surface area contributed by atoms with E-state index in [9.17, 15) is 4.79 Å². The molecule has 1 N–H and O–H groups in total. The van der Waals surface area contributed by atoms with Crippen molar-refractivity contribution >= 4 is 11.2 Å². The highest BCUT2D eigenvalue weighted by Crippen LogP contribution is 2.09. The molecule has 0 amide bonds. The van der Waals surface area contributed by atoms with Gasteiger partial charge in [-0.2, -0.15) is 0 Å². The Labute approximate surface area is 74.4 Å². The zero-order valence-electron chi connectivity index (χ0n) is 7.48. The lowest BCUT2D eigenvalue weighted by atomic mass is 10.4. The molecule has 0 atom stereocenters. The second kappa shape index (κ2) is 2.69. The summed E-state index contributed by atoms with van der Waals surface area (Å²) in [4.78, 5) is 21.9. The zero-order valence-corrected chi connectivity index (χ0v) is 7.48. The molecule has 0 aromatic carbocycles. The second-order valence-electron chi connectivity index (χ2n) is 3.15. The van der Waals surface area contributed by atoms with E-state index in [1.165, 1.54) is 6.33 Å².